The second kappa shape index (κ2) is 7.12. The number of hydrogen-bond donors (Lipinski definition) is 2. The largest absolute Gasteiger partial charge is 0.401 e. The third kappa shape index (κ3) is 7.06. The Labute approximate surface area is 95.0 Å². The zero-order valence-corrected chi connectivity index (χ0v) is 9.58. The van der Waals surface area contributed by atoms with Gasteiger partial charge in [0.15, 0.2) is 0 Å². The van der Waals surface area contributed by atoms with Crippen molar-refractivity contribution in [2.24, 2.45) is 0 Å². The molecule has 0 aromatic carbocycles. The summed E-state index contributed by atoms with van der Waals surface area (Å²) in [6.45, 7) is 0.121. The van der Waals surface area contributed by atoms with Crippen LogP contribution in [0.5, 0.6) is 0 Å². The predicted molar refractivity (Wildman–Crippen MR) is 58.4 cm³/mol. The quantitative estimate of drug-likeness (QED) is 0.568. The number of nitrogens with one attached hydrogen (secondary N) is 2. The number of rotatable bonds is 5. The Bertz CT molecular complexity index is 175. The lowest BCUT2D eigenvalue weighted by atomic mass is 10.1. The third-order valence-corrected chi connectivity index (χ3v) is 2.92. The molecule has 0 aromatic rings. The fourth-order valence-corrected chi connectivity index (χ4v) is 2.08. The summed E-state index contributed by atoms with van der Waals surface area (Å²) in [5.74, 6) is 0. The predicted octanol–water partition coefficient (Wildman–Crippen LogP) is 2.45. The van der Waals surface area contributed by atoms with Gasteiger partial charge in [-0.15, -0.1) is 0 Å². The molecule has 0 heterocycles. The maximum atomic E-state index is 11.8. The van der Waals surface area contributed by atoms with E-state index in [0.717, 1.165) is 0 Å². The van der Waals surface area contributed by atoms with E-state index >= 15 is 0 Å². The molecule has 96 valence electrons. The second-order valence-corrected chi connectivity index (χ2v) is 4.43. The molecule has 5 heteroatoms. The Morgan fingerprint density at radius 1 is 0.938 bits per heavy atom. The van der Waals surface area contributed by atoms with Crippen molar-refractivity contribution in [2.45, 2.75) is 50.7 Å². The van der Waals surface area contributed by atoms with E-state index in [1.165, 1.54) is 38.5 Å². The van der Waals surface area contributed by atoms with Gasteiger partial charge in [-0.25, -0.2) is 0 Å². The molecule has 1 aliphatic rings. The van der Waals surface area contributed by atoms with Gasteiger partial charge in [-0.3, -0.25) is 0 Å². The SMILES string of the molecule is FC(F)(F)CNCCNC1CCCCCC1. The summed E-state index contributed by atoms with van der Waals surface area (Å²) in [6, 6.07) is 0.509. The Balaban J connectivity index is 1.97. The third-order valence-electron chi connectivity index (χ3n) is 2.92. The average Bonchev–Trinajstić information content (AvgIpc) is 2.44. The lowest BCUT2D eigenvalue weighted by molar-refractivity contribution is -0.124. The van der Waals surface area contributed by atoms with E-state index in [-0.39, 0.29) is 0 Å². The highest BCUT2D eigenvalue weighted by molar-refractivity contribution is 4.71. The average molecular weight is 238 g/mol. The van der Waals surface area contributed by atoms with Gasteiger partial charge in [0.2, 0.25) is 0 Å². The Morgan fingerprint density at radius 3 is 2.12 bits per heavy atom. The van der Waals surface area contributed by atoms with Crippen molar-refractivity contribution in [1.82, 2.24) is 10.6 Å². The first-order valence-electron chi connectivity index (χ1n) is 6.09. The minimum Gasteiger partial charge on any atom is -0.313 e. The van der Waals surface area contributed by atoms with E-state index < -0.39 is 12.7 Å². The van der Waals surface area contributed by atoms with Gasteiger partial charge >= 0.3 is 6.18 Å². The van der Waals surface area contributed by atoms with E-state index in [4.69, 9.17) is 0 Å². The lowest BCUT2D eigenvalue weighted by Crippen LogP contribution is -2.37. The second-order valence-electron chi connectivity index (χ2n) is 4.43. The maximum Gasteiger partial charge on any atom is 0.401 e. The maximum absolute atomic E-state index is 11.8. The monoisotopic (exact) mass is 238 g/mol. The molecule has 1 rings (SSSR count). The van der Waals surface area contributed by atoms with E-state index in [1.807, 2.05) is 0 Å². The van der Waals surface area contributed by atoms with Gasteiger partial charge in [0, 0.05) is 19.1 Å². The summed E-state index contributed by atoms with van der Waals surface area (Å²) in [6.07, 6.45) is 3.32. The summed E-state index contributed by atoms with van der Waals surface area (Å²) in [7, 11) is 0. The molecule has 16 heavy (non-hydrogen) atoms. The molecular weight excluding hydrogens is 217 g/mol. The van der Waals surface area contributed by atoms with Gasteiger partial charge in [-0.1, -0.05) is 25.7 Å². The molecule has 0 spiro atoms. The summed E-state index contributed by atoms with van der Waals surface area (Å²) < 4.78 is 35.4. The summed E-state index contributed by atoms with van der Waals surface area (Å²) in [5, 5.41) is 5.71. The van der Waals surface area contributed by atoms with Crippen LogP contribution in [0, 0.1) is 0 Å². The highest BCUT2D eigenvalue weighted by atomic mass is 19.4. The molecule has 0 aromatic heterocycles. The van der Waals surface area contributed by atoms with Gasteiger partial charge < -0.3 is 10.6 Å². The molecule has 0 bridgehead atoms. The van der Waals surface area contributed by atoms with Crippen molar-refractivity contribution in [3.8, 4) is 0 Å². The van der Waals surface area contributed by atoms with E-state index in [2.05, 4.69) is 10.6 Å². The molecule has 0 saturated heterocycles. The van der Waals surface area contributed by atoms with Crippen LogP contribution < -0.4 is 10.6 Å². The van der Waals surface area contributed by atoms with E-state index in [9.17, 15) is 13.2 Å². The van der Waals surface area contributed by atoms with Crippen LogP contribution in [0.4, 0.5) is 13.2 Å². The highest BCUT2D eigenvalue weighted by Crippen LogP contribution is 2.16. The molecule has 0 amide bonds. The van der Waals surface area contributed by atoms with Crippen LogP contribution in [0.2, 0.25) is 0 Å². The summed E-state index contributed by atoms with van der Waals surface area (Å²) in [4.78, 5) is 0. The van der Waals surface area contributed by atoms with Crippen molar-refractivity contribution in [2.75, 3.05) is 19.6 Å². The molecule has 0 atom stereocenters. The zero-order chi connectivity index (χ0) is 11.9. The molecule has 1 aliphatic carbocycles. The molecule has 1 fully saturated rings. The molecule has 0 unspecified atom stereocenters. The van der Waals surface area contributed by atoms with Gasteiger partial charge in [0.05, 0.1) is 6.54 Å². The summed E-state index contributed by atoms with van der Waals surface area (Å²) >= 11 is 0. The van der Waals surface area contributed by atoms with E-state index in [0.29, 0.717) is 19.1 Å². The first kappa shape index (κ1) is 13.8. The number of halogens is 3. The minimum absolute atomic E-state index is 0.385. The fraction of sp³-hybridized carbons (Fsp3) is 1.00. The van der Waals surface area contributed by atoms with Crippen LogP contribution in [-0.4, -0.2) is 31.9 Å². The smallest absolute Gasteiger partial charge is 0.313 e. The summed E-state index contributed by atoms with van der Waals surface area (Å²) in [5.41, 5.74) is 0. The number of hydrogen-bond acceptors (Lipinski definition) is 2. The lowest BCUT2D eigenvalue weighted by Gasteiger charge is -2.16. The topological polar surface area (TPSA) is 24.1 Å². The minimum atomic E-state index is -4.09. The highest BCUT2D eigenvalue weighted by Gasteiger charge is 2.25. The van der Waals surface area contributed by atoms with Crippen molar-refractivity contribution in [1.29, 1.82) is 0 Å². The first-order valence-corrected chi connectivity index (χ1v) is 6.09. The van der Waals surface area contributed by atoms with Gasteiger partial charge in [-0.05, 0) is 12.8 Å². The first-order chi connectivity index (χ1) is 7.58. The van der Waals surface area contributed by atoms with Gasteiger partial charge in [0.1, 0.15) is 0 Å². The fourth-order valence-electron chi connectivity index (χ4n) is 2.08. The molecule has 0 aliphatic heterocycles. The van der Waals surface area contributed by atoms with Gasteiger partial charge in [0.25, 0.3) is 0 Å². The van der Waals surface area contributed by atoms with Gasteiger partial charge in [-0.2, -0.15) is 13.2 Å². The van der Waals surface area contributed by atoms with Crippen LogP contribution >= 0.6 is 0 Å². The zero-order valence-electron chi connectivity index (χ0n) is 9.58. The Hall–Kier alpha value is -0.290. The molecular formula is C11H21F3N2. The van der Waals surface area contributed by atoms with Crippen LogP contribution in [0.3, 0.4) is 0 Å². The number of alkyl halides is 3. The van der Waals surface area contributed by atoms with Crippen LogP contribution in [0.25, 0.3) is 0 Å². The van der Waals surface area contributed by atoms with Crippen molar-refractivity contribution in [3.05, 3.63) is 0 Å². The van der Waals surface area contributed by atoms with Crippen molar-refractivity contribution in [3.63, 3.8) is 0 Å². The van der Waals surface area contributed by atoms with Crippen LogP contribution in [-0.2, 0) is 0 Å². The van der Waals surface area contributed by atoms with Crippen LogP contribution in [0.15, 0.2) is 0 Å². The Kier molecular flexibility index (Phi) is 6.13. The van der Waals surface area contributed by atoms with Crippen molar-refractivity contribution < 1.29 is 13.2 Å². The van der Waals surface area contributed by atoms with Crippen LogP contribution in [0.1, 0.15) is 38.5 Å². The normalized spacial score (nSPS) is 19.7. The Morgan fingerprint density at radius 2 is 1.56 bits per heavy atom. The van der Waals surface area contributed by atoms with Crippen molar-refractivity contribution >= 4 is 0 Å². The standard InChI is InChI=1S/C11H21F3N2/c12-11(13,14)9-15-7-8-16-10-5-3-1-2-4-6-10/h10,15-16H,1-9H2. The molecule has 0 radical (unpaired) electrons. The molecule has 2 N–H and O–H groups in total. The molecule has 1 saturated carbocycles. The molecule has 2 nitrogen and oxygen atoms in total. The van der Waals surface area contributed by atoms with E-state index in [1.54, 1.807) is 0 Å².